The summed E-state index contributed by atoms with van der Waals surface area (Å²) >= 11 is 4.57. The molecule has 0 aliphatic rings. The Morgan fingerprint density at radius 2 is 1.60 bits per heavy atom. The van der Waals surface area contributed by atoms with E-state index in [1.165, 1.54) is 25.7 Å². The van der Waals surface area contributed by atoms with Gasteiger partial charge < -0.3 is 0 Å². The molecule has 0 heterocycles. The summed E-state index contributed by atoms with van der Waals surface area (Å²) in [5.74, 6) is 0.836. The van der Waals surface area contributed by atoms with E-state index >= 15 is 0 Å². The quantitative estimate of drug-likeness (QED) is 0.584. The van der Waals surface area contributed by atoms with Gasteiger partial charge in [-0.3, -0.25) is 0 Å². The van der Waals surface area contributed by atoms with Crippen LogP contribution in [0.15, 0.2) is 0 Å². The van der Waals surface area contributed by atoms with Gasteiger partial charge in [-0.2, -0.15) is 12.6 Å². The van der Waals surface area contributed by atoms with Crippen molar-refractivity contribution < 1.29 is 0 Å². The standard InChI is InChI=1S/C9H20S/c1-4-7-9(10)8(5-2)6-3/h8-10H,4-7H2,1-3H3. The molecule has 0 saturated carbocycles. The largest absolute Gasteiger partial charge is 0.176 e. The molecule has 62 valence electrons. The Kier molecular flexibility index (Phi) is 6.30. The number of hydrogen-bond donors (Lipinski definition) is 1. The summed E-state index contributed by atoms with van der Waals surface area (Å²) in [4.78, 5) is 0. The molecule has 0 fully saturated rings. The lowest BCUT2D eigenvalue weighted by Gasteiger charge is -2.19. The highest BCUT2D eigenvalue weighted by molar-refractivity contribution is 7.81. The zero-order chi connectivity index (χ0) is 7.98. The van der Waals surface area contributed by atoms with Gasteiger partial charge in [-0.1, -0.05) is 40.0 Å². The normalized spacial score (nSPS) is 14.1. The van der Waals surface area contributed by atoms with Crippen LogP contribution in [-0.2, 0) is 0 Å². The van der Waals surface area contributed by atoms with Crippen molar-refractivity contribution in [3.8, 4) is 0 Å². The van der Waals surface area contributed by atoms with E-state index in [2.05, 4.69) is 33.4 Å². The first-order valence-electron chi connectivity index (χ1n) is 4.44. The lowest BCUT2D eigenvalue weighted by Crippen LogP contribution is -2.12. The molecule has 0 radical (unpaired) electrons. The van der Waals surface area contributed by atoms with Crippen molar-refractivity contribution in [1.29, 1.82) is 0 Å². The summed E-state index contributed by atoms with van der Waals surface area (Å²) in [6, 6.07) is 0. The van der Waals surface area contributed by atoms with Crippen LogP contribution in [0.3, 0.4) is 0 Å². The molecule has 0 aromatic carbocycles. The van der Waals surface area contributed by atoms with Crippen molar-refractivity contribution in [3.63, 3.8) is 0 Å². The molecule has 0 saturated heterocycles. The highest BCUT2D eigenvalue weighted by Gasteiger charge is 2.12. The third kappa shape index (κ3) is 3.50. The van der Waals surface area contributed by atoms with Gasteiger partial charge in [0.2, 0.25) is 0 Å². The highest BCUT2D eigenvalue weighted by atomic mass is 32.1. The first-order valence-corrected chi connectivity index (χ1v) is 4.95. The fourth-order valence-corrected chi connectivity index (χ4v) is 2.04. The minimum atomic E-state index is 0.639. The van der Waals surface area contributed by atoms with E-state index in [1.54, 1.807) is 0 Å². The Labute approximate surface area is 70.8 Å². The Bertz CT molecular complexity index is 67.1. The first kappa shape index (κ1) is 10.3. The molecule has 1 atom stereocenters. The van der Waals surface area contributed by atoms with Crippen LogP contribution in [-0.4, -0.2) is 5.25 Å². The molecule has 1 heteroatoms. The zero-order valence-corrected chi connectivity index (χ0v) is 8.32. The van der Waals surface area contributed by atoms with Crippen molar-refractivity contribution in [2.45, 2.75) is 51.7 Å². The van der Waals surface area contributed by atoms with Gasteiger partial charge >= 0.3 is 0 Å². The summed E-state index contributed by atoms with van der Waals surface area (Å²) in [6.45, 7) is 6.74. The second-order valence-electron chi connectivity index (χ2n) is 2.93. The fourth-order valence-electron chi connectivity index (χ4n) is 1.36. The zero-order valence-electron chi connectivity index (χ0n) is 7.43. The third-order valence-corrected chi connectivity index (χ3v) is 2.86. The molecule has 0 N–H and O–H groups in total. The van der Waals surface area contributed by atoms with Crippen LogP contribution in [0.25, 0.3) is 0 Å². The maximum absolute atomic E-state index is 4.57. The average Bonchev–Trinajstić information content (AvgIpc) is 1.91. The summed E-state index contributed by atoms with van der Waals surface area (Å²) in [5, 5.41) is 0.639. The minimum Gasteiger partial charge on any atom is -0.176 e. The van der Waals surface area contributed by atoms with Crippen LogP contribution in [0.5, 0.6) is 0 Å². The van der Waals surface area contributed by atoms with Gasteiger partial charge in [0.05, 0.1) is 0 Å². The first-order chi connectivity index (χ1) is 4.76. The monoisotopic (exact) mass is 160 g/mol. The van der Waals surface area contributed by atoms with E-state index in [4.69, 9.17) is 0 Å². The molecule has 0 amide bonds. The van der Waals surface area contributed by atoms with Crippen LogP contribution < -0.4 is 0 Å². The third-order valence-electron chi connectivity index (χ3n) is 2.18. The average molecular weight is 160 g/mol. The molecule has 0 aromatic heterocycles. The van der Waals surface area contributed by atoms with Crippen molar-refractivity contribution in [2.75, 3.05) is 0 Å². The van der Waals surface area contributed by atoms with Crippen LogP contribution in [0.2, 0.25) is 0 Å². The van der Waals surface area contributed by atoms with Gasteiger partial charge in [-0.05, 0) is 12.3 Å². The van der Waals surface area contributed by atoms with Crippen LogP contribution in [0.4, 0.5) is 0 Å². The Morgan fingerprint density at radius 1 is 1.10 bits per heavy atom. The van der Waals surface area contributed by atoms with Crippen LogP contribution >= 0.6 is 12.6 Å². The predicted molar refractivity (Wildman–Crippen MR) is 51.8 cm³/mol. The van der Waals surface area contributed by atoms with Crippen molar-refractivity contribution in [3.05, 3.63) is 0 Å². The second kappa shape index (κ2) is 6.09. The molecule has 0 spiro atoms. The van der Waals surface area contributed by atoms with E-state index in [9.17, 15) is 0 Å². The summed E-state index contributed by atoms with van der Waals surface area (Å²) in [6.07, 6.45) is 5.11. The van der Waals surface area contributed by atoms with Crippen molar-refractivity contribution in [2.24, 2.45) is 5.92 Å². The van der Waals surface area contributed by atoms with E-state index in [0.717, 1.165) is 5.92 Å². The van der Waals surface area contributed by atoms with Gasteiger partial charge in [0, 0.05) is 5.25 Å². The van der Waals surface area contributed by atoms with Crippen molar-refractivity contribution in [1.82, 2.24) is 0 Å². The SMILES string of the molecule is CCCC(S)C(CC)CC. The molecule has 0 aliphatic heterocycles. The fraction of sp³-hybridized carbons (Fsp3) is 1.00. The lowest BCUT2D eigenvalue weighted by molar-refractivity contribution is 0.454. The van der Waals surface area contributed by atoms with Gasteiger partial charge in [0.15, 0.2) is 0 Å². The Hall–Kier alpha value is 0.350. The molecular weight excluding hydrogens is 140 g/mol. The molecule has 0 aliphatic carbocycles. The predicted octanol–water partition coefficient (Wildman–Crippen LogP) is 3.52. The van der Waals surface area contributed by atoms with Gasteiger partial charge in [-0.15, -0.1) is 0 Å². The lowest BCUT2D eigenvalue weighted by atomic mass is 9.96. The van der Waals surface area contributed by atoms with E-state index in [-0.39, 0.29) is 0 Å². The maximum Gasteiger partial charge on any atom is 0.00447 e. The molecule has 0 nitrogen and oxygen atoms in total. The topological polar surface area (TPSA) is 0 Å². The molecule has 10 heavy (non-hydrogen) atoms. The molecule has 0 rings (SSSR count). The summed E-state index contributed by atoms with van der Waals surface area (Å²) in [7, 11) is 0. The Morgan fingerprint density at radius 3 is 1.90 bits per heavy atom. The van der Waals surface area contributed by atoms with E-state index in [0.29, 0.717) is 5.25 Å². The number of thiol groups is 1. The van der Waals surface area contributed by atoms with Gasteiger partial charge in [0.25, 0.3) is 0 Å². The number of hydrogen-bond acceptors (Lipinski definition) is 1. The van der Waals surface area contributed by atoms with Gasteiger partial charge in [0.1, 0.15) is 0 Å². The van der Waals surface area contributed by atoms with Gasteiger partial charge in [-0.25, -0.2) is 0 Å². The van der Waals surface area contributed by atoms with E-state index in [1.807, 2.05) is 0 Å². The molecule has 1 unspecified atom stereocenters. The number of rotatable bonds is 5. The highest BCUT2D eigenvalue weighted by Crippen LogP contribution is 2.21. The molecule has 0 aromatic rings. The summed E-state index contributed by atoms with van der Waals surface area (Å²) < 4.78 is 0. The van der Waals surface area contributed by atoms with Crippen molar-refractivity contribution >= 4 is 12.6 Å². The minimum absolute atomic E-state index is 0.639. The molecular formula is C9H20S. The van der Waals surface area contributed by atoms with Crippen LogP contribution in [0.1, 0.15) is 46.5 Å². The summed E-state index contributed by atoms with van der Waals surface area (Å²) in [5.41, 5.74) is 0. The van der Waals surface area contributed by atoms with E-state index < -0.39 is 0 Å². The smallest absolute Gasteiger partial charge is 0.00447 e. The Balaban J connectivity index is 3.53. The van der Waals surface area contributed by atoms with Crippen LogP contribution in [0, 0.1) is 5.92 Å². The maximum atomic E-state index is 4.57. The molecule has 0 bridgehead atoms. The second-order valence-corrected chi connectivity index (χ2v) is 3.60.